The number of fused-ring (bicyclic) bond motifs is 3. The second-order valence-corrected chi connectivity index (χ2v) is 18.2. The van der Waals surface area contributed by atoms with E-state index in [1.54, 1.807) is 19.4 Å². The van der Waals surface area contributed by atoms with Crippen LogP contribution in [0.3, 0.4) is 0 Å². The summed E-state index contributed by atoms with van der Waals surface area (Å²) >= 11 is 7.53. The van der Waals surface area contributed by atoms with Crippen molar-refractivity contribution in [3.8, 4) is 5.75 Å². The zero-order chi connectivity index (χ0) is 48.5. The molecule has 4 N–H and O–H groups in total. The third-order valence-corrected chi connectivity index (χ3v) is 13.1. The number of aromatic nitrogens is 3. The van der Waals surface area contributed by atoms with Crippen LogP contribution in [0, 0.1) is 13.8 Å². The summed E-state index contributed by atoms with van der Waals surface area (Å²) in [4.78, 5) is 67.9. The number of aldehydes is 1. The lowest BCUT2D eigenvalue weighted by molar-refractivity contribution is -0.122. The van der Waals surface area contributed by atoms with Crippen LogP contribution in [0.4, 0.5) is 22.5 Å². The molecule has 1 atom stereocenters. The van der Waals surface area contributed by atoms with Crippen molar-refractivity contribution >= 4 is 91.1 Å². The Labute approximate surface area is 410 Å². The molecule has 0 saturated carbocycles. The number of aryl methyl sites for hydroxylation is 2. The Balaban J connectivity index is 0.704. The van der Waals surface area contributed by atoms with E-state index in [0.717, 1.165) is 91.4 Å². The van der Waals surface area contributed by atoms with Gasteiger partial charge in [0.25, 0.3) is 5.91 Å². The van der Waals surface area contributed by atoms with Crippen LogP contribution in [0.2, 0.25) is 5.02 Å². The van der Waals surface area contributed by atoms with Crippen LogP contribution in [0.25, 0.3) is 21.7 Å². The number of furan rings is 1. The Bertz CT molecular complexity index is 2670. The van der Waals surface area contributed by atoms with Gasteiger partial charge in [-0.1, -0.05) is 47.6 Å². The molecule has 3 aromatic carbocycles. The van der Waals surface area contributed by atoms with Gasteiger partial charge in [0.05, 0.1) is 49.6 Å². The normalized spacial score (nSPS) is 13.4. The van der Waals surface area contributed by atoms with Crippen LogP contribution < -0.4 is 30.9 Å². The average molecular weight is 983 g/mol. The maximum atomic E-state index is 12.9. The summed E-state index contributed by atoms with van der Waals surface area (Å²) in [5, 5.41) is 15.5. The minimum atomic E-state index is -0.453. The number of nitrogens with one attached hydrogen (secondary N) is 4. The van der Waals surface area contributed by atoms with Gasteiger partial charge >= 0.3 is 0 Å². The number of amides is 3. The maximum absolute atomic E-state index is 12.9. The number of piperazine rings is 1. The molecule has 0 radical (unpaired) electrons. The second kappa shape index (κ2) is 25.4. The zero-order valence-electron chi connectivity index (χ0n) is 39.3. The SMILES string of the molecule is CNC(=O)CCC(C=O)c1coc2ccc3cc(OCCOCCOCCNC(=O)CCCCCN4CCN(c5cc(Nc6ncc(C(=O)Nc7c(C)cccc7Cl)s6)nc(C)n5)CC4)ccc3c12. The molecule has 3 aromatic heterocycles. The number of hydrogen-bond acceptors (Lipinski definition) is 15. The van der Waals surface area contributed by atoms with E-state index in [1.165, 1.54) is 17.5 Å². The first-order valence-electron chi connectivity index (χ1n) is 23.4. The van der Waals surface area contributed by atoms with Crippen LogP contribution >= 0.6 is 22.9 Å². The summed E-state index contributed by atoms with van der Waals surface area (Å²) in [6.45, 7) is 10.7. The number of benzene rings is 3. The van der Waals surface area contributed by atoms with Gasteiger partial charge in [-0.25, -0.2) is 15.0 Å². The van der Waals surface area contributed by atoms with E-state index in [-0.39, 0.29) is 24.1 Å². The standard InChI is InChI=1S/C50H60ClN9O8S/c1-33-8-7-9-40(51)48(33)58-49(64)42-30-54-50(69-42)57-43-29-44(56-34(2)55-43)60-21-19-59(20-22-60)18-6-4-5-10-46(63)53-17-23-65-24-25-66-26-27-67-37-13-14-38-35(28-37)11-15-41-47(38)39(32-68-41)36(31-61)12-16-45(62)52-3/h7-9,11,13-15,28-32,36H,4-6,10,12,16-27H2,1-3H3,(H,52,62)(H,53,63)(H,58,64)(H,54,55,56,57). The molecule has 69 heavy (non-hydrogen) atoms. The quantitative estimate of drug-likeness (QED) is 0.0303. The Hall–Kier alpha value is -6.18. The molecule has 0 aliphatic carbocycles. The number of unbranched alkanes of at least 4 members (excludes halogenated alkanes) is 2. The number of rotatable bonds is 26. The molecule has 1 aliphatic heterocycles. The molecule has 0 spiro atoms. The Morgan fingerprint density at radius 2 is 1.72 bits per heavy atom. The van der Waals surface area contributed by atoms with Gasteiger partial charge < -0.3 is 49.6 Å². The lowest BCUT2D eigenvalue weighted by Crippen LogP contribution is -2.47. The fourth-order valence-corrected chi connectivity index (χ4v) is 9.11. The van der Waals surface area contributed by atoms with Crippen LogP contribution in [0.15, 0.2) is 71.5 Å². The highest BCUT2D eigenvalue weighted by Crippen LogP contribution is 2.36. The molecular formula is C50H60ClN9O8S. The smallest absolute Gasteiger partial charge is 0.267 e. The highest BCUT2D eigenvalue weighted by molar-refractivity contribution is 7.17. The highest BCUT2D eigenvalue weighted by atomic mass is 35.5. The van der Waals surface area contributed by atoms with Crippen LogP contribution in [-0.4, -0.2) is 123 Å². The number of thiazole rings is 1. The predicted molar refractivity (Wildman–Crippen MR) is 269 cm³/mol. The molecule has 4 heterocycles. The molecule has 17 nitrogen and oxygen atoms in total. The number of ether oxygens (including phenoxy) is 3. The number of hydrogen-bond donors (Lipinski definition) is 4. The van der Waals surface area contributed by atoms with Crippen LogP contribution in [0.1, 0.15) is 71.1 Å². The summed E-state index contributed by atoms with van der Waals surface area (Å²) in [6, 6.07) is 17.0. The molecular weight excluding hydrogens is 922 g/mol. The number of nitrogens with zero attached hydrogens (tertiary/aromatic N) is 5. The molecule has 0 bridgehead atoms. The first-order valence-corrected chi connectivity index (χ1v) is 24.5. The van der Waals surface area contributed by atoms with Gasteiger partial charge in [-0.05, 0) is 86.3 Å². The first kappa shape index (κ1) is 50.7. The van der Waals surface area contributed by atoms with E-state index >= 15 is 0 Å². The maximum Gasteiger partial charge on any atom is 0.267 e. The Kier molecular flexibility index (Phi) is 18.7. The second-order valence-electron chi connectivity index (χ2n) is 16.7. The Morgan fingerprint density at radius 1 is 0.913 bits per heavy atom. The summed E-state index contributed by atoms with van der Waals surface area (Å²) in [7, 11) is 1.58. The number of carbonyl (C=O) groups excluding carboxylic acids is 4. The number of para-hydroxylation sites is 1. The van der Waals surface area contributed by atoms with Gasteiger partial charge in [0.15, 0.2) is 5.13 Å². The summed E-state index contributed by atoms with van der Waals surface area (Å²) < 4.78 is 23.0. The molecule has 1 fully saturated rings. The largest absolute Gasteiger partial charge is 0.491 e. The first-order chi connectivity index (χ1) is 33.6. The van der Waals surface area contributed by atoms with Crippen LogP contribution in [-0.2, 0) is 23.9 Å². The fourth-order valence-electron chi connectivity index (χ4n) is 8.12. The van der Waals surface area contributed by atoms with Crippen molar-refractivity contribution in [3.63, 3.8) is 0 Å². The van der Waals surface area contributed by atoms with Crippen molar-refractivity contribution in [2.24, 2.45) is 0 Å². The van der Waals surface area contributed by atoms with Gasteiger partial charge in [0, 0.05) is 75.5 Å². The topological polar surface area (TPSA) is 202 Å². The van der Waals surface area contributed by atoms with E-state index in [0.29, 0.717) is 96.1 Å². The molecule has 19 heteroatoms. The number of carbonyl (C=O) groups is 4. The van der Waals surface area contributed by atoms with Gasteiger partial charge in [0.1, 0.15) is 46.6 Å². The van der Waals surface area contributed by atoms with Crippen molar-refractivity contribution in [1.82, 2.24) is 30.5 Å². The van der Waals surface area contributed by atoms with E-state index in [2.05, 4.69) is 41.0 Å². The zero-order valence-corrected chi connectivity index (χ0v) is 40.9. The summed E-state index contributed by atoms with van der Waals surface area (Å²) in [5.74, 6) is 1.98. The highest BCUT2D eigenvalue weighted by Gasteiger charge is 2.22. The van der Waals surface area contributed by atoms with E-state index < -0.39 is 5.92 Å². The van der Waals surface area contributed by atoms with Crippen molar-refractivity contribution in [3.05, 3.63) is 93.9 Å². The predicted octanol–water partition coefficient (Wildman–Crippen LogP) is 7.82. The van der Waals surface area contributed by atoms with E-state index in [4.69, 9.17) is 35.2 Å². The van der Waals surface area contributed by atoms with Crippen LogP contribution in [0.5, 0.6) is 5.75 Å². The number of halogens is 1. The minimum Gasteiger partial charge on any atom is -0.491 e. The third-order valence-electron chi connectivity index (χ3n) is 11.8. The third kappa shape index (κ3) is 14.4. The molecule has 366 valence electrons. The molecule has 7 rings (SSSR count). The Morgan fingerprint density at radius 3 is 2.52 bits per heavy atom. The van der Waals surface area contributed by atoms with E-state index in [1.807, 2.05) is 62.4 Å². The summed E-state index contributed by atoms with van der Waals surface area (Å²) in [5.41, 5.74) is 2.92. The average Bonchev–Trinajstić information content (AvgIpc) is 4.01. The number of anilines is 4. The minimum absolute atomic E-state index is 0.0326. The fraction of sp³-hybridized carbons (Fsp3) is 0.420. The van der Waals surface area contributed by atoms with Crippen molar-refractivity contribution in [2.45, 2.75) is 58.3 Å². The van der Waals surface area contributed by atoms with E-state index in [9.17, 15) is 19.2 Å². The van der Waals surface area contributed by atoms with Gasteiger partial charge in [-0.3, -0.25) is 19.3 Å². The van der Waals surface area contributed by atoms with Crippen molar-refractivity contribution in [2.75, 3.05) is 94.9 Å². The molecule has 6 aromatic rings. The molecule has 1 saturated heterocycles. The lowest BCUT2D eigenvalue weighted by atomic mass is 9.92. The van der Waals surface area contributed by atoms with Gasteiger partial charge in [0.2, 0.25) is 11.8 Å². The monoisotopic (exact) mass is 981 g/mol. The van der Waals surface area contributed by atoms with Crippen molar-refractivity contribution < 1.29 is 37.8 Å². The molecule has 1 unspecified atom stereocenters. The molecule has 1 aliphatic rings. The molecule has 3 amide bonds. The lowest BCUT2D eigenvalue weighted by Gasteiger charge is -2.35. The van der Waals surface area contributed by atoms with Gasteiger partial charge in [-0.15, -0.1) is 0 Å². The van der Waals surface area contributed by atoms with Gasteiger partial charge in [-0.2, -0.15) is 0 Å². The summed E-state index contributed by atoms with van der Waals surface area (Å²) in [6.07, 6.45) is 8.00. The van der Waals surface area contributed by atoms with Crippen molar-refractivity contribution in [1.29, 1.82) is 0 Å².